The van der Waals surface area contributed by atoms with Gasteiger partial charge >= 0.3 is 0 Å². The quantitative estimate of drug-likeness (QED) is 0.145. The van der Waals surface area contributed by atoms with Gasteiger partial charge in [0.15, 0.2) is 0 Å². The standard InChI is InChI=1S/3C22H19N.2C17H13N/c1-22(2)18-10-6-4-8-14(18)16-13-21-17(12-19(16)22)15-9-5-7-11-20(15)23(21)3;1-22(2)18-10-6-4-8-14(18)16-12-17-15-9-5-7-11-20(15)23(3)21(17)13-19(16)22;1-22(2)16-10-6-4-8-14(16)20-17(22)12-13-19-21(20)15-9-5-7-11-18(15)23(19)3;1-18-16-9-5-4-8-14(16)15-10-12-6-2-3-7-13(12)11-17(15)18;1-18-16-9-5-4-8-14(16)15-11-10-12-6-2-3-7-13(12)17(15)18/h3*4-13H,1-3H3;2*2-11H,1H3. The molecule has 0 unspecified atom stereocenters. The lowest BCUT2D eigenvalue weighted by atomic mass is 9.82. The summed E-state index contributed by atoms with van der Waals surface area (Å²) in [7, 11) is 10.8. The molecule has 0 atom stereocenters. The minimum absolute atomic E-state index is 0.0660. The molecule has 0 saturated carbocycles. The fourth-order valence-electron chi connectivity index (χ4n) is 18.9. The van der Waals surface area contributed by atoms with Crippen LogP contribution >= 0.6 is 0 Å². The summed E-state index contributed by atoms with van der Waals surface area (Å²) in [6.07, 6.45) is 0. The van der Waals surface area contributed by atoms with Gasteiger partial charge in [-0.25, -0.2) is 0 Å². The Morgan fingerprint density at radius 3 is 1.11 bits per heavy atom. The second-order valence-electron chi connectivity index (χ2n) is 31.0. The topological polar surface area (TPSA) is 24.6 Å². The molecule has 23 rings (SSSR count). The van der Waals surface area contributed by atoms with E-state index in [9.17, 15) is 0 Å². The lowest BCUT2D eigenvalue weighted by Gasteiger charge is -2.21. The Balaban J connectivity index is 0.0000000904. The molecule has 0 radical (unpaired) electrons. The molecule has 5 aromatic heterocycles. The maximum atomic E-state index is 2.42. The number of hydrogen-bond donors (Lipinski definition) is 0. The lowest BCUT2D eigenvalue weighted by molar-refractivity contribution is 0.660. The van der Waals surface area contributed by atoms with Crippen molar-refractivity contribution in [3.8, 4) is 33.4 Å². The smallest absolute Gasteiger partial charge is 0.0568 e. The minimum Gasteiger partial charge on any atom is -0.344 e. The molecular weight excluding hydrogens is 1270 g/mol. The molecule has 0 spiro atoms. The summed E-state index contributed by atoms with van der Waals surface area (Å²) in [5, 5.41) is 18.8. The van der Waals surface area contributed by atoms with Crippen LogP contribution in [0.2, 0.25) is 0 Å². The van der Waals surface area contributed by atoms with Crippen LogP contribution in [0.5, 0.6) is 0 Å². The number of para-hydroxylation sites is 5. The Morgan fingerprint density at radius 1 is 0.190 bits per heavy atom. The molecule has 20 aromatic rings. The van der Waals surface area contributed by atoms with Crippen LogP contribution in [0.1, 0.15) is 74.9 Å². The Morgan fingerprint density at radius 2 is 0.552 bits per heavy atom. The molecule has 3 aliphatic carbocycles. The van der Waals surface area contributed by atoms with E-state index in [0.717, 1.165) is 0 Å². The summed E-state index contributed by atoms with van der Waals surface area (Å²) in [6, 6.07) is 110. The highest BCUT2D eigenvalue weighted by molar-refractivity contribution is 6.20. The van der Waals surface area contributed by atoms with Crippen LogP contribution in [0.15, 0.2) is 303 Å². The molecule has 0 saturated heterocycles. The lowest BCUT2D eigenvalue weighted by Crippen LogP contribution is -2.14. The molecular formula is C100H83N5. The van der Waals surface area contributed by atoms with Crippen molar-refractivity contribution in [1.82, 2.24) is 22.8 Å². The van der Waals surface area contributed by atoms with Gasteiger partial charge in [-0.2, -0.15) is 0 Å². The summed E-state index contributed by atoms with van der Waals surface area (Å²) in [5.41, 5.74) is 30.3. The van der Waals surface area contributed by atoms with E-state index in [4.69, 9.17) is 0 Å². The van der Waals surface area contributed by atoms with E-state index in [1.54, 1.807) is 0 Å². The van der Waals surface area contributed by atoms with Gasteiger partial charge < -0.3 is 22.8 Å². The van der Waals surface area contributed by atoms with Crippen LogP contribution in [0.25, 0.3) is 164 Å². The second-order valence-corrected chi connectivity index (χ2v) is 31.0. The van der Waals surface area contributed by atoms with Crippen LogP contribution in [0.3, 0.4) is 0 Å². The molecule has 0 bridgehead atoms. The Kier molecular flexibility index (Phi) is 14.4. The number of hydrogen-bond acceptors (Lipinski definition) is 0. The van der Waals surface area contributed by atoms with E-state index in [1.165, 1.54) is 197 Å². The third-order valence-electron chi connectivity index (χ3n) is 24.4. The van der Waals surface area contributed by atoms with Crippen LogP contribution < -0.4 is 0 Å². The zero-order valence-electron chi connectivity index (χ0n) is 61.6. The summed E-state index contributed by atoms with van der Waals surface area (Å²) in [6.45, 7) is 14.0. The number of fused-ring (bicyclic) bond motifs is 28. The highest BCUT2D eigenvalue weighted by Crippen LogP contribution is 2.55. The van der Waals surface area contributed by atoms with E-state index in [2.05, 4.69) is 403 Å². The summed E-state index contributed by atoms with van der Waals surface area (Å²) in [4.78, 5) is 0. The normalized spacial score (nSPS) is 13.9. The van der Waals surface area contributed by atoms with Crippen LogP contribution in [-0.4, -0.2) is 22.8 Å². The first kappa shape index (κ1) is 63.7. The van der Waals surface area contributed by atoms with Crippen molar-refractivity contribution in [2.45, 2.75) is 57.8 Å². The van der Waals surface area contributed by atoms with E-state index in [-0.39, 0.29) is 16.2 Å². The van der Waals surface area contributed by atoms with Crippen LogP contribution in [0.4, 0.5) is 0 Å². The van der Waals surface area contributed by atoms with Gasteiger partial charge in [0.05, 0.1) is 5.52 Å². The van der Waals surface area contributed by atoms with Crippen molar-refractivity contribution in [3.63, 3.8) is 0 Å². The SMILES string of the molecule is Cn1c2ccccc2c2c3c(ccc21)C(C)(C)c1ccccc1-3.Cn1c2ccccc2c2cc3c(cc21)-c1ccccc1C3(C)C.Cn1c2ccccc2c2cc3c(cc21)C(C)(C)c1ccccc1-3.Cn1c2ccccc2c2cc3ccccc3cc21.Cn1c2ccccc2c2ccc3ccccc3c21. The fraction of sp³-hybridized carbons (Fsp3) is 0.140. The van der Waals surface area contributed by atoms with Crippen molar-refractivity contribution >= 4 is 131 Å². The van der Waals surface area contributed by atoms with Crippen molar-refractivity contribution in [1.29, 1.82) is 0 Å². The molecule has 0 fully saturated rings. The molecule has 0 aliphatic heterocycles. The van der Waals surface area contributed by atoms with Crippen molar-refractivity contribution in [2.24, 2.45) is 35.2 Å². The highest BCUT2D eigenvalue weighted by Gasteiger charge is 2.39. The number of aromatic nitrogens is 5. The van der Waals surface area contributed by atoms with E-state index in [0.29, 0.717) is 0 Å². The molecule has 105 heavy (non-hydrogen) atoms. The average molecular weight is 1350 g/mol. The third-order valence-corrected chi connectivity index (χ3v) is 24.4. The van der Waals surface area contributed by atoms with Gasteiger partial charge in [-0.3, -0.25) is 0 Å². The van der Waals surface area contributed by atoms with E-state index in [1.807, 2.05) is 0 Å². The third kappa shape index (κ3) is 9.46. The van der Waals surface area contributed by atoms with Gasteiger partial charge in [-0.05, 0) is 156 Å². The maximum absolute atomic E-state index is 2.42. The summed E-state index contributed by atoms with van der Waals surface area (Å²) >= 11 is 0. The number of rotatable bonds is 0. The van der Waals surface area contributed by atoms with Gasteiger partial charge in [0.25, 0.3) is 0 Å². The minimum atomic E-state index is 0.0660. The average Bonchev–Trinajstić information content (AvgIpc) is 1.55. The van der Waals surface area contributed by atoms with Gasteiger partial charge in [-0.15, -0.1) is 0 Å². The Bertz CT molecular complexity index is 6970. The largest absolute Gasteiger partial charge is 0.344 e. The van der Waals surface area contributed by atoms with Crippen molar-refractivity contribution < 1.29 is 0 Å². The first-order chi connectivity index (χ1) is 51.0. The highest BCUT2D eigenvalue weighted by atomic mass is 15.0. The fourth-order valence-corrected chi connectivity index (χ4v) is 18.9. The predicted octanol–water partition coefficient (Wildman–Crippen LogP) is 25.9. The van der Waals surface area contributed by atoms with Gasteiger partial charge in [0, 0.05) is 160 Å². The van der Waals surface area contributed by atoms with Crippen molar-refractivity contribution in [2.75, 3.05) is 0 Å². The molecule has 5 heteroatoms. The van der Waals surface area contributed by atoms with E-state index >= 15 is 0 Å². The summed E-state index contributed by atoms with van der Waals surface area (Å²) < 4.78 is 11.5. The maximum Gasteiger partial charge on any atom is 0.0568 e. The summed E-state index contributed by atoms with van der Waals surface area (Å²) in [5.74, 6) is 0. The number of benzene rings is 15. The molecule has 5 nitrogen and oxygen atoms in total. The van der Waals surface area contributed by atoms with Gasteiger partial charge in [-0.1, -0.05) is 272 Å². The first-order valence-electron chi connectivity index (χ1n) is 37.0. The monoisotopic (exact) mass is 1350 g/mol. The molecule has 15 aromatic carbocycles. The Hall–Kier alpha value is -12.2. The second kappa shape index (κ2) is 23.7. The van der Waals surface area contributed by atoms with Crippen LogP contribution in [-0.2, 0) is 51.5 Å². The zero-order valence-corrected chi connectivity index (χ0v) is 61.6. The van der Waals surface area contributed by atoms with E-state index < -0.39 is 0 Å². The van der Waals surface area contributed by atoms with Gasteiger partial charge in [0.2, 0.25) is 0 Å². The van der Waals surface area contributed by atoms with Crippen molar-refractivity contribution in [3.05, 3.63) is 337 Å². The number of aryl methyl sites for hydroxylation is 5. The number of nitrogens with zero attached hydrogens (tertiary/aromatic N) is 5. The molecule has 0 N–H and O–H groups in total. The zero-order chi connectivity index (χ0) is 71.5. The molecule has 508 valence electrons. The first-order valence-corrected chi connectivity index (χ1v) is 37.0. The molecule has 3 aliphatic rings. The van der Waals surface area contributed by atoms with Crippen LogP contribution in [0, 0.1) is 0 Å². The Labute approximate surface area is 612 Å². The molecule has 0 amide bonds. The molecule has 5 heterocycles. The predicted molar refractivity (Wildman–Crippen MR) is 450 cm³/mol. The van der Waals surface area contributed by atoms with Gasteiger partial charge in [0.1, 0.15) is 0 Å².